The standard InChI is InChI=1S/C10H7ClO2/c11-8-2-1-6-3-7(5-12)10(13)9(6)4-8/h1-5,10,13H. The predicted octanol–water partition coefficient (Wildman–Crippen LogP) is 1.97. The normalized spacial score (nSPS) is 19.5. The van der Waals surface area contributed by atoms with Crippen molar-refractivity contribution in [3.8, 4) is 0 Å². The van der Waals surface area contributed by atoms with Crippen molar-refractivity contribution in [1.29, 1.82) is 0 Å². The number of benzene rings is 1. The second-order valence-corrected chi connectivity index (χ2v) is 3.37. The molecule has 0 bridgehead atoms. The molecule has 1 aliphatic carbocycles. The van der Waals surface area contributed by atoms with Gasteiger partial charge in [0.1, 0.15) is 12.4 Å². The van der Waals surface area contributed by atoms with Crippen molar-refractivity contribution < 1.29 is 9.90 Å². The molecule has 1 N–H and O–H groups in total. The Balaban J connectivity index is 2.54. The van der Waals surface area contributed by atoms with Crippen LogP contribution in [0.25, 0.3) is 6.08 Å². The molecule has 0 saturated carbocycles. The van der Waals surface area contributed by atoms with Gasteiger partial charge in [0.25, 0.3) is 0 Å². The molecule has 2 rings (SSSR count). The highest BCUT2D eigenvalue weighted by Gasteiger charge is 2.22. The summed E-state index contributed by atoms with van der Waals surface area (Å²) in [5, 5.41) is 10.2. The minimum absolute atomic E-state index is 0.386. The van der Waals surface area contributed by atoms with E-state index < -0.39 is 6.10 Å². The van der Waals surface area contributed by atoms with E-state index in [1.807, 2.05) is 0 Å². The number of carbonyl (C=O) groups is 1. The largest absolute Gasteiger partial charge is 0.384 e. The number of aliphatic hydroxyl groups is 1. The molecule has 0 spiro atoms. The van der Waals surface area contributed by atoms with E-state index in [0.29, 0.717) is 22.4 Å². The van der Waals surface area contributed by atoms with E-state index in [4.69, 9.17) is 11.6 Å². The quantitative estimate of drug-likeness (QED) is 0.694. The van der Waals surface area contributed by atoms with Gasteiger partial charge in [0.2, 0.25) is 0 Å². The highest BCUT2D eigenvalue weighted by atomic mass is 35.5. The number of carbonyl (C=O) groups excluding carboxylic acids is 1. The summed E-state index contributed by atoms with van der Waals surface area (Å²) in [6.07, 6.45) is 1.52. The number of halogens is 1. The van der Waals surface area contributed by atoms with Crippen LogP contribution in [-0.2, 0) is 4.79 Å². The molecule has 1 aromatic carbocycles. The van der Waals surface area contributed by atoms with Crippen LogP contribution in [0.15, 0.2) is 23.8 Å². The predicted molar refractivity (Wildman–Crippen MR) is 50.5 cm³/mol. The second kappa shape index (κ2) is 2.98. The number of fused-ring (bicyclic) bond motifs is 1. The molecule has 1 aliphatic rings. The summed E-state index contributed by atoms with van der Waals surface area (Å²) in [6, 6.07) is 5.20. The third kappa shape index (κ3) is 1.28. The second-order valence-electron chi connectivity index (χ2n) is 2.94. The van der Waals surface area contributed by atoms with Gasteiger partial charge in [-0.3, -0.25) is 4.79 Å². The van der Waals surface area contributed by atoms with Gasteiger partial charge < -0.3 is 5.11 Å². The first-order valence-corrected chi connectivity index (χ1v) is 4.24. The average molecular weight is 195 g/mol. The fourth-order valence-electron chi connectivity index (χ4n) is 1.45. The molecule has 66 valence electrons. The maximum atomic E-state index is 10.5. The van der Waals surface area contributed by atoms with Crippen LogP contribution in [0, 0.1) is 0 Å². The number of rotatable bonds is 1. The van der Waals surface area contributed by atoms with Crippen molar-refractivity contribution in [3.63, 3.8) is 0 Å². The SMILES string of the molecule is O=CC1=Cc2ccc(Cl)cc2C1O. The van der Waals surface area contributed by atoms with Crippen molar-refractivity contribution in [3.05, 3.63) is 39.9 Å². The summed E-state index contributed by atoms with van der Waals surface area (Å²) in [5.41, 5.74) is 1.95. The Morgan fingerprint density at radius 3 is 2.92 bits per heavy atom. The van der Waals surface area contributed by atoms with Gasteiger partial charge in [0.15, 0.2) is 0 Å². The lowest BCUT2D eigenvalue weighted by Gasteiger charge is -2.05. The molecule has 13 heavy (non-hydrogen) atoms. The van der Waals surface area contributed by atoms with Crippen molar-refractivity contribution in [2.75, 3.05) is 0 Å². The molecule has 1 unspecified atom stereocenters. The fourth-order valence-corrected chi connectivity index (χ4v) is 1.63. The summed E-state index contributed by atoms with van der Waals surface area (Å²) in [5.74, 6) is 0. The van der Waals surface area contributed by atoms with Crippen molar-refractivity contribution in [1.82, 2.24) is 0 Å². The molecule has 1 aromatic rings. The number of hydrogen-bond donors (Lipinski definition) is 1. The third-order valence-corrected chi connectivity index (χ3v) is 2.35. The van der Waals surface area contributed by atoms with Gasteiger partial charge in [-0.2, -0.15) is 0 Å². The molecule has 0 fully saturated rings. The van der Waals surface area contributed by atoms with E-state index >= 15 is 0 Å². The molecular weight excluding hydrogens is 188 g/mol. The van der Waals surface area contributed by atoms with Gasteiger partial charge in [-0.15, -0.1) is 0 Å². The lowest BCUT2D eigenvalue weighted by Crippen LogP contribution is -1.97. The van der Waals surface area contributed by atoms with Gasteiger partial charge in [0, 0.05) is 10.6 Å². The van der Waals surface area contributed by atoms with Crippen LogP contribution in [0.5, 0.6) is 0 Å². The summed E-state index contributed by atoms with van der Waals surface area (Å²) in [7, 11) is 0. The molecular formula is C10H7ClO2. The Hall–Kier alpha value is -1.12. The Morgan fingerprint density at radius 1 is 1.46 bits per heavy atom. The van der Waals surface area contributed by atoms with E-state index in [-0.39, 0.29) is 0 Å². The summed E-state index contributed by atoms with van der Waals surface area (Å²) >= 11 is 5.76. The van der Waals surface area contributed by atoms with Crippen molar-refractivity contribution in [2.45, 2.75) is 6.10 Å². The first kappa shape index (κ1) is 8.48. The average Bonchev–Trinajstić information content (AvgIpc) is 2.44. The third-order valence-electron chi connectivity index (χ3n) is 2.12. The summed E-state index contributed by atoms with van der Waals surface area (Å²) in [4.78, 5) is 10.5. The first-order valence-electron chi connectivity index (χ1n) is 3.86. The molecule has 1 atom stereocenters. The van der Waals surface area contributed by atoms with Gasteiger partial charge >= 0.3 is 0 Å². The molecule has 0 heterocycles. The van der Waals surface area contributed by atoms with E-state index in [1.54, 1.807) is 24.3 Å². The summed E-state index contributed by atoms with van der Waals surface area (Å²) < 4.78 is 0. The molecule has 3 heteroatoms. The molecule has 0 saturated heterocycles. The van der Waals surface area contributed by atoms with Crippen LogP contribution < -0.4 is 0 Å². The number of aliphatic hydroxyl groups excluding tert-OH is 1. The van der Waals surface area contributed by atoms with Gasteiger partial charge in [-0.25, -0.2) is 0 Å². The zero-order valence-electron chi connectivity index (χ0n) is 6.70. The molecule has 0 aromatic heterocycles. The van der Waals surface area contributed by atoms with Crippen LogP contribution in [-0.4, -0.2) is 11.4 Å². The summed E-state index contributed by atoms with van der Waals surface area (Å²) in [6.45, 7) is 0. The van der Waals surface area contributed by atoms with Gasteiger partial charge in [-0.1, -0.05) is 17.7 Å². The zero-order chi connectivity index (χ0) is 9.42. The zero-order valence-corrected chi connectivity index (χ0v) is 7.45. The van der Waals surface area contributed by atoms with Crippen LogP contribution >= 0.6 is 11.6 Å². The highest BCUT2D eigenvalue weighted by molar-refractivity contribution is 6.30. The van der Waals surface area contributed by atoms with Crippen LogP contribution in [0.1, 0.15) is 17.2 Å². The Morgan fingerprint density at radius 2 is 2.23 bits per heavy atom. The first-order chi connectivity index (χ1) is 6.22. The Kier molecular flexibility index (Phi) is 1.94. The molecule has 0 radical (unpaired) electrons. The van der Waals surface area contributed by atoms with E-state index in [1.165, 1.54) is 0 Å². The Bertz CT molecular complexity index is 396. The highest BCUT2D eigenvalue weighted by Crippen LogP contribution is 2.34. The maximum Gasteiger partial charge on any atom is 0.149 e. The molecule has 0 aliphatic heterocycles. The van der Waals surface area contributed by atoms with Gasteiger partial charge in [0.05, 0.1) is 0 Å². The number of hydrogen-bond acceptors (Lipinski definition) is 2. The monoisotopic (exact) mass is 194 g/mol. The smallest absolute Gasteiger partial charge is 0.149 e. The van der Waals surface area contributed by atoms with E-state index in [2.05, 4.69) is 0 Å². The molecule has 2 nitrogen and oxygen atoms in total. The van der Waals surface area contributed by atoms with Crippen LogP contribution in [0.4, 0.5) is 0 Å². The molecule has 0 amide bonds. The van der Waals surface area contributed by atoms with E-state index in [9.17, 15) is 9.90 Å². The Labute approximate surface area is 80.5 Å². The van der Waals surface area contributed by atoms with Crippen molar-refractivity contribution >= 4 is 24.0 Å². The lowest BCUT2D eigenvalue weighted by molar-refractivity contribution is -0.105. The van der Waals surface area contributed by atoms with Crippen LogP contribution in [0.2, 0.25) is 5.02 Å². The van der Waals surface area contributed by atoms with Gasteiger partial charge in [-0.05, 0) is 29.3 Å². The topological polar surface area (TPSA) is 37.3 Å². The van der Waals surface area contributed by atoms with E-state index in [0.717, 1.165) is 5.56 Å². The minimum atomic E-state index is -0.814. The number of aldehydes is 1. The fraction of sp³-hybridized carbons (Fsp3) is 0.100. The lowest BCUT2D eigenvalue weighted by atomic mass is 10.1. The maximum absolute atomic E-state index is 10.5. The van der Waals surface area contributed by atoms with Crippen molar-refractivity contribution in [2.24, 2.45) is 0 Å². The minimum Gasteiger partial charge on any atom is -0.384 e. The van der Waals surface area contributed by atoms with Crippen LogP contribution in [0.3, 0.4) is 0 Å².